The zero-order valence-electron chi connectivity index (χ0n) is 18.6. The van der Waals surface area contributed by atoms with Gasteiger partial charge in [0.15, 0.2) is 0 Å². The second-order valence-corrected chi connectivity index (χ2v) is 8.77. The van der Waals surface area contributed by atoms with Gasteiger partial charge in [0.1, 0.15) is 5.75 Å². The van der Waals surface area contributed by atoms with Crippen molar-refractivity contribution in [2.24, 2.45) is 0 Å². The predicted molar refractivity (Wildman–Crippen MR) is 134 cm³/mol. The number of amides is 1. The van der Waals surface area contributed by atoms with Crippen molar-refractivity contribution in [2.75, 3.05) is 13.1 Å². The Morgan fingerprint density at radius 2 is 1.75 bits per heavy atom. The number of rotatable bonds is 6. The third-order valence-electron chi connectivity index (χ3n) is 5.72. The van der Waals surface area contributed by atoms with E-state index >= 15 is 0 Å². The fourth-order valence-corrected chi connectivity index (χ4v) is 4.41. The minimum absolute atomic E-state index is 0.323. The van der Waals surface area contributed by atoms with Gasteiger partial charge in [0, 0.05) is 46.8 Å². The summed E-state index contributed by atoms with van der Waals surface area (Å²) < 4.78 is 9.19. The van der Waals surface area contributed by atoms with Gasteiger partial charge in [-0.2, -0.15) is 0 Å². The number of fused-ring (bicyclic) bond motifs is 1. The summed E-state index contributed by atoms with van der Waals surface area (Å²) in [6.07, 6.45) is 1.77. The van der Waals surface area contributed by atoms with Gasteiger partial charge in [0.05, 0.1) is 0 Å². The van der Waals surface area contributed by atoms with Gasteiger partial charge in [-0.3, -0.25) is 0 Å². The Hall–Kier alpha value is -3.05. The number of carbonyl (C=O) groups excluding carboxylic acids is 1. The average molecular weight is 491 g/mol. The van der Waals surface area contributed by atoms with Gasteiger partial charge in [-0.05, 0) is 62.2 Å². The topological polar surface area (TPSA) is 34.5 Å². The van der Waals surface area contributed by atoms with Crippen molar-refractivity contribution in [1.29, 1.82) is 0 Å². The van der Waals surface area contributed by atoms with Crippen molar-refractivity contribution < 1.29 is 9.53 Å². The summed E-state index contributed by atoms with van der Waals surface area (Å²) in [5, 5.41) is 1.06. The van der Waals surface area contributed by atoms with Crippen molar-refractivity contribution in [3.05, 3.63) is 88.5 Å². The zero-order valence-corrected chi connectivity index (χ0v) is 20.2. The highest BCUT2D eigenvalue weighted by molar-refractivity contribution is 9.10. The molecular formula is C27H27BrN2O2. The first-order chi connectivity index (χ1) is 15.5. The smallest absolute Gasteiger partial charge is 0.410 e. The minimum Gasteiger partial charge on any atom is -0.410 e. The second kappa shape index (κ2) is 9.61. The van der Waals surface area contributed by atoms with Crippen molar-refractivity contribution in [1.82, 2.24) is 9.47 Å². The molecule has 1 heterocycles. The lowest BCUT2D eigenvalue weighted by Crippen LogP contribution is -2.33. The number of hydrogen-bond acceptors (Lipinski definition) is 2. The molecule has 0 aliphatic carbocycles. The quantitative estimate of drug-likeness (QED) is 0.284. The first-order valence-corrected chi connectivity index (χ1v) is 11.7. The fourth-order valence-electron chi connectivity index (χ4n) is 3.97. The molecule has 0 saturated carbocycles. The molecule has 0 saturated heterocycles. The van der Waals surface area contributed by atoms with Crippen LogP contribution in [0.2, 0.25) is 0 Å². The summed E-state index contributed by atoms with van der Waals surface area (Å²) in [6.45, 7) is 7.96. The molecule has 5 heteroatoms. The molecule has 4 aromatic rings. The van der Waals surface area contributed by atoms with Crippen LogP contribution in [0.4, 0.5) is 4.79 Å². The summed E-state index contributed by atoms with van der Waals surface area (Å²) in [4.78, 5) is 14.4. The van der Waals surface area contributed by atoms with Crippen LogP contribution in [0, 0.1) is 6.92 Å². The molecule has 3 aromatic carbocycles. The Bertz CT molecular complexity index is 1240. The van der Waals surface area contributed by atoms with E-state index in [2.05, 4.69) is 76.1 Å². The van der Waals surface area contributed by atoms with Gasteiger partial charge < -0.3 is 14.2 Å². The molecule has 0 N–H and O–H groups in total. The molecule has 32 heavy (non-hydrogen) atoms. The number of hydrogen-bond donors (Lipinski definition) is 0. The molecule has 164 valence electrons. The van der Waals surface area contributed by atoms with Crippen LogP contribution in [0.5, 0.6) is 5.75 Å². The summed E-state index contributed by atoms with van der Waals surface area (Å²) >= 11 is 3.56. The van der Waals surface area contributed by atoms with Crippen molar-refractivity contribution in [2.45, 2.75) is 27.3 Å². The van der Waals surface area contributed by atoms with Crippen molar-refractivity contribution in [3.8, 4) is 16.9 Å². The molecule has 0 fully saturated rings. The molecule has 0 unspecified atom stereocenters. The number of aryl methyl sites for hydroxylation is 1. The summed E-state index contributed by atoms with van der Waals surface area (Å²) in [6, 6.07) is 22.7. The lowest BCUT2D eigenvalue weighted by atomic mass is 9.99. The van der Waals surface area contributed by atoms with Gasteiger partial charge in [0.25, 0.3) is 0 Å². The van der Waals surface area contributed by atoms with Crippen LogP contribution in [0.15, 0.2) is 77.4 Å². The van der Waals surface area contributed by atoms with Gasteiger partial charge in [-0.1, -0.05) is 57.9 Å². The first-order valence-electron chi connectivity index (χ1n) is 10.9. The van der Waals surface area contributed by atoms with Crippen LogP contribution in [0.25, 0.3) is 22.0 Å². The number of carbonyl (C=O) groups is 1. The molecule has 0 aliphatic rings. The van der Waals surface area contributed by atoms with Crippen molar-refractivity contribution >= 4 is 32.9 Å². The van der Waals surface area contributed by atoms with E-state index in [1.807, 2.05) is 38.1 Å². The zero-order chi connectivity index (χ0) is 22.7. The summed E-state index contributed by atoms with van der Waals surface area (Å²) in [7, 11) is 0. The van der Waals surface area contributed by atoms with E-state index in [0.717, 1.165) is 33.0 Å². The standard InChI is InChI=1S/C27H27BrN2O2/c1-4-29(5-2)27(31)32-25-14-13-24-23(26(25)21-11-9-19(3)10-12-21)15-16-30(24)18-20-7-6-8-22(28)17-20/h6-17H,4-5,18H2,1-3H3. The highest BCUT2D eigenvalue weighted by Crippen LogP contribution is 2.38. The summed E-state index contributed by atoms with van der Waals surface area (Å²) in [5.41, 5.74) is 5.48. The van der Waals surface area contributed by atoms with E-state index in [9.17, 15) is 4.79 Å². The fraction of sp³-hybridized carbons (Fsp3) is 0.222. The van der Waals surface area contributed by atoms with Crippen molar-refractivity contribution in [3.63, 3.8) is 0 Å². The Labute approximate surface area is 197 Å². The molecular weight excluding hydrogens is 464 g/mol. The van der Waals surface area contributed by atoms with Crippen LogP contribution in [0.1, 0.15) is 25.0 Å². The van der Waals surface area contributed by atoms with Gasteiger partial charge in [0.2, 0.25) is 0 Å². The van der Waals surface area contributed by atoms with E-state index in [0.29, 0.717) is 18.8 Å². The summed E-state index contributed by atoms with van der Waals surface area (Å²) in [5.74, 6) is 0.582. The van der Waals surface area contributed by atoms with Gasteiger partial charge in [-0.15, -0.1) is 0 Å². The number of nitrogens with zero attached hydrogens (tertiary/aromatic N) is 2. The highest BCUT2D eigenvalue weighted by Gasteiger charge is 2.19. The van der Waals surface area contributed by atoms with E-state index in [1.54, 1.807) is 4.90 Å². The van der Waals surface area contributed by atoms with E-state index < -0.39 is 0 Å². The number of benzene rings is 3. The number of ether oxygens (including phenoxy) is 1. The van der Waals surface area contributed by atoms with E-state index in [-0.39, 0.29) is 6.09 Å². The Kier molecular flexibility index (Phi) is 6.66. The number of aromatic nitrogens is 1. The Morgan fingerprint density at radius 3 is 2.44 bits per heavy atom. The van der Waals surface area contributed by atoms with Crippen LogP contribution in [-0.2, 0) is 6.54 Å². The third-order valence-corrected chi connectivity index (χ3v) is 6.21. The maximum atomic E-state index is 12.7. The lowest BCUT2D eigenvalue weighted by Gasteiger charge is -2.20. The molecule has 0 aliphatic heterocycles. The molecule has 0 radical (unpaired) electrons. The maximum Gasteiger partial charge on any atom is 0.415 e. The van der Waals surface area contributed by atoms with E-state index in [4.69, 9.17) is 4.74 Å². The number of halogens is 1. The molecule has 0 atom stereocenters. The van der Waals surface area contributed by atoms with Crippen LogP contribution < -0.4 is 4.74 Å². The molecule has 1 aromatic heterocycles. The predicted octanol–water partition coefficient (Wildman–Crippen LogP) is 7.27. The highest BCUT2D eigenvalue weighted by atomic mass is 79.9. The third kappa shape index (κ3) is 4.58. The van der Waals surface area contributed by atoms with Crippen LogP contribution in [-0.4, -0.2) is 28.6 Å². The largest absolute Gasteiger partial charge is 0.415 e. The Morgan fingerprint density at radius 1 is 1.00 bits per heavy atom. The minimum atomic E-state index is -0.323. The SMILES string of the molecule is CCN(CC)C(=O)Oc1ccc2c(ccn2Cc2cccc(Br)c2)c1-c1ccc(C)cc1. The van der Waals surface area contributed by atoms with E-state index in [1.165, 1.54) is 11.1 Å². The monoisotopic (exact) mass is 490 g/mol. The second-order valence-electron chi connectivity index (χ2n) is 7.85. The molecule has 4 nitrogen and oxygen atoms in total. The Balaban J connectivity index is 1.81. The normalized spacial score (nSPS) is 11.0. The van der Waals surface area contributed by atoms with Crippen LogP contribution >= 0.6 is 15.9 Å². The first kappa shape index (κ1) is 22.2. The molecule has 0 spiro atoms. The molecule has 1 amide bonds. The maximum absolute atomic E-state index is 12.7. The molecule has 4 rings (SSSR count). The van der Waals surface area contributed by atoms with Gasteiger partial charge in [-0.25, -0.2) is 4.79 Å². The molecule has 0 bridgehead atoms. The lowest BCUT2D eigenvalue weighted by molar-refractivity contribution is 0.157. The average Bonchev–Trinajstić information content (AvgIpc) is 3.18. The van der Waals surface area contributed by atoms with Crippen LogP contribution in [0.3, 0.4) is 0 Å². The van der Waals surface area contributed by atoms with Gasteiger partial charge >= 0.3 is 6.09 Å².